The van der Waals surface area contributed by atoms with E-state index >= 15 is 0 Å². The molecule has 3 heteroatoms. The number of aryl methyl sites for hydroxylation is 1. The molecule has 1 aliphatic rings. The lowest BCUT2D eigenvalue weighted by molar-refractivity contribution is 0.106. The molecule has 0 radical (unpaired) electrons. The standard InChI is InChI=1S/C16H27N3/c1-13-8-4-5-9-14(13)12-15(18-17)16(2,3)19-10-6-7-11-19/h4-5,8-9,15,18H,6-7,10-12,17H2,1-3H3. The van der Waals surface area contributed by atoms with Crippen LogP contribution >= 0.6 is 0 Å². The van der Waals surface area contributed by atoms with Crippen molar-refractivity contribution in [3.8, 4) is 0 Å². The maximum absolute atomic E-state index is 5.85. The van der Waals surface area contributed by atoms with Crippen molar-refractivity contribution in [2.75, 3.05) is 13.1 Å². The first-order valence-electron chi connectivity index (χ1n) is 7.31. The average molecular weight is 261 g/mol. The summed E-state index contributed by atoms with van der Waals surface area (Å²) in [5, 5.41) is 0. The fourth-order valence-corrected chi connectivity index (χ4v) is 3.09. The molecule has 0 amide bonds. The van der Waals surface area contributed by atoms with Crippen molar-refractivity contribution in [1.29, 1.82) is 0 Å². The lowest BCUT2D eigenvalue weighted by atomic mass is 9.87. The lowest BCUT2D eigenvalue weighted by Crippen LogP contribution is -2.59. The minimum absolute atomic E-state index is 0.0908. The van der Waals surface area contributed by atoms with E-state index in [0.29, 0.717) is 0 Å². The van der Waals surface area contributed by atoms with E-state index in [1.54, 1.807) is 0 Å². The molecule has 0 saturated carbocycles. The number of nitrogens with two attached hydrogens (primary N) is 1. The molecule has 0 spiro atoms. The molecule has 106 valence electrons. The zero-order chi connectivity index (χ0) is 13.9. The van der Waals surface area contributed by atoms with Crippen LogP contribution in [-0.4, -0.2) is 29.6 Å². The highest BCUT2D eigenvalue weighted by Crippen LogP contribution is 2.26. The molecule has 1 fully saturated rings. The number of rotatable bonds is 5. The van der Waals surface area contributed by atoms with E-state index in [4.69, 9.17) is 5.84 Å². The minimum Gasteiger partial charge on any atom is -0.297 e. The first kappa shape index (κ1) is 14.5. The topological polar surface area (TPSA) is 41.3 Å². The number of benzene rings is 1. The van der Waals surface area contributed by atoms with Gasteiger partial charge in [-0.05, 0) is 64.3 Å². The summed E-state index contributed by atoms with van der Waals surface area (Å²) in [5.74, 6) is 5.85. The molecule has 0 bridgehead atoms. The molecule has 1 aromatic carbocycles. The largest absolute Gasteiger partial charge is 0.297 e. The third-order valence-electron chi connectivity index (χ3n) is 4.66. The van der Waals surface area contributed by atoms with Gasteiger partial charge in [-0.25, -0.2) is 0 Å². The van der Waals surface area contributed by atoms with Crippen LogP contribution in [-0.2, 0) is 6.42 Å². The predicted octanol–water partition coefficient (Wildman–Crippen LogP) is 2.24. The van der Waals surface area contributed by atoms with Crippen LogP contribution in [0.4, 0.5) is 0 Å². The summed E-state index contributed by atoms with van der Waals surface area (Å²) in [6.07, 6.45) is 3.60. The summed E-state index contributed by atoms with van der Waals surface area (Å²) >= 11 is 0. The SMILES string of the molecule is Cc1ccccc1CC(NN)C(C)(C)N1CCCC1. The van der Waals surface area contributed by atoms with Gasteiger partial charge in [-0.3, -0.25) is 16.2 Å². The van der Waals surface area contributed by atoms with Crippen molar-refractivity contribution < 1.29 is 0 Å². The first-order valence-corrected chi connectivity index (χ1v) is 7.31. The van der Waals surface area contributed by atoms with Crippen molar-refractivity contribution >= 4 is 0 Å². The molecule has 19 heavy (non-hydrogen) atoms. The Hall–Kier alpha value is -0.900. The van der Waals surface area contributed by atoms with Gasteiger partial charge < -0.3 is 0 Å². The van der Waals surface area contributed by atoms with E-state index in [2.05, 4.69) is 55.4 Å². The molecule has 1 aromatic rings. The van der Waals surface area contributed by atoms with E-state index < -0.39 is 0 Å². The summed E-state index contributed by atoms with van der Waals surface area (Å²) in [5.41, 5.74) is 5.88. The van der Waals surface area contributed by atoms with E-state index in [1.165, 1.54) is 37.1 Å². The average Bonchev–Trinajstić information content (AvgIpc) is 2.92. The third-order valence-corrected chi connectivity index (χ3v) is 4.66. The Morgan fingerprint density at radius 3 is 2.47 bits per heavy atom. The van der Waals surface area contributed by atoms with Gasteiger partial charge in [0.2, 0.25) is 0 Å². The summed E-state index contributed by atoms with van der Waals surface area (Å²) < 4.78 is 0. The molecule has 0 aliphatic carbocycles. The van der Waals surface area contributed by atoms with Crippen molar-refractivity contribution in [2.45, 2.75) is 51.6 Å². The fraction of sp³-hybridized carbons (Fsp3) is 0.625. The molecule has 1 heterocycles. The van der Waals surface area contributed by atoms with Crippen LogP contribution in [0.15, 0.2) is 24.3 Å². The molecular weight excluding hydrogens is 234 g/mol. The number of likely N-dealkylation sites (tertiary alicyclic amines) is 1. The third kappa shape index (κ3) is 3.16. The summed E-state index contributed by atoms with van der Waals surface area (Å²) in [7, 11) is 0. The van der Waals surface area contributed by atoms with E-state index in [1.807, 2.05) is 0 Å². The van der Waals surface area contributed by atoms with Gasteiger partial charge in [0.25, 0.3) is 0 Å². The summed E-state index contributed by atoms with van der Waals surface area (Å²) in [6, 6.07) is 8.85. The van der Waals surface area contributed by atoms with Crippen LogP contribution in [0.3, 0.4) is 0 Å². The van der Waals surface area contributed by atoms with E-state index in [0.717, 1.165) is 6.42 Å². The van der Waals surface area contributed by atoms with Crippen LogP contribution in [0.2, 0.25) is 0 Å². The molecule has 1 aliphatic heterocycles. The molecule has 1 unspecified atom stereocenters. The van der Waals surface area contributed by atoms with Gasteiger partial charge >= 0.3 is 0 Å². The Kier molecular flexibility index (Phi) is 4.61. The van der Waals surface area contributed by atoms with E-state index in [9.17, 15) is 0 Å². The Labute approximate surface area is 117 Å². The maximum Gasteiger partial charge on any atom is 0.0429 e. The molecule has 2 rings (SSSR count). The van der Waals surface area contributed by atoms with Gasteiger partial charge in [-0.1, -0.05) is 24.3 Å². The predicted molar refractivity (Wildman–Crippen MR) is 80.9 cm³/mol. The normalized spacial score (nSPS) is 18.7. The molecule has 1 saturated heterocycles. The Morgan fingerprint density at radius 2 is 1.89 bits per heavy atom. The number of hydrazine groups is 1. The number of nitrogens with zero attached hydrogens (tertiary/aromatic N) is 1. The maximum atomic E-state index is 5.85. The molecule has 3 nitrogen and oxygen atoms in total. The second-order valence-corrected chi connectivity index (χ2v) is 6.20. The van der Waals surface area contributed by atoms with Crippen molar-refractivity contribution in [3.05, 3.63) is 35.4 Å². The highest BCUT2D eigenvalue weighted by atomic mass is 15.3. The lowest BCUT2D eigenvalue weighted by Gasteiger charge is -2.42. The molecule has 3 N–H and O–H groups in total. The van der Waals surface area contributed by atoms with Crippen LogP contribution in [0, 0.1) is 6.92 Å². The summed E-state index contributed by atoms with van der Waals surface area (Å²) in [6.45, 7) is 9.17. The van der Waals surface area contributed by atoms with Crippen LogP contribution in [0.25, 0.3) is 0 Å². The highest BCUT2D eigenvalue weighted by molar-refractivity contribution is 5.27. The van der Waals surface area contributed by atoms with E-state index in [-0.39, 0.29) is 11.6 Å². The zero-order valence-corrected chi connectivity index (χ0v) is 12.4. The number of hydrogen-bond acceptors (Lipinski definition) is 3. The fourth-order valence-electron chi connectivity index (χ4n) is 3.09. The minimum atomic E-state index is 0.0908. The Morgan fingerprint density at radius 1 is 1.26 bits per heavy atom. The number of hydrogen-bond donors (Lipinski definition) is 2. The van der Waals surface area contributed by atoms with Gasteiger partial charge in [0, 0.05) is 11.6 Å². The van der Waals surface area contributed by atoms with Gasteiger partial charge in [-0.2, -0.15) is 0 Å². The van der Waals surface area contributed by atoms with Crippen LogP contribution < -0.4 is 11.3 Å². The van der Waals surface area contributed by atoms with Crippen LogP contribution in [0.1, 0.15) is 37.8 Å². The quantitative estimate of drug-likeness (QED) is 0.631. The smallest absolute Gasteiger partial charge is 0.0429 e. The Bertz CT molecular complexity index is 408. The first-order chi connectivity index (χ1) is 9.05. The molecule has 1 atom stereocenters. The zero-order valence-electron chi connectivity index (χ0n) is 12.4. The number of nitrogens with one attached hydrogen (secondary N) is 1. The Balaban J connectivity index is 2.13. The van der Waals surface area contributed by atoms with Crippen molar-refractivity contribution in [2.24, 2.45) is 5.84 Å². The van der Waals surface area contributed by atoms with Gasteiger partial charge in [0.1, 0.15) is 0 Å². The molecule has 0 aromatic heterocycles. The second kappa shape index (κ2) is 6.04. The van der Waals surface area contributed by atoms with Gasteiger partial charge in [0.05, 0.1) is 0 Å². The molecular formula is C16H27N3. The van der Waals surface area contributed by atoms with Crippen molar-refractivity contribution in [1.82, 2.24) is 10.3 Å². The second-order valence-electron chi connectivity index (χ2n) is 6.20. The summed E-state index contributed by atoms with van der Waals surface area (Å²) in [4.78, 5) is 2.57. The van der Waals surface area contributed by atoms with Gasteiger partial charge in [0.15, 0.2) is 0 Å². The highest BCUT2D eigenvalue weighted by Gasteiger charge is 2.36. The van der Waals surface area contributed by atoms with Gasteiger partial charge in [-0.15, -0.1) is 0 Å². The monoisotopic (exact) mass is 261 g/mol. The van der Waals surface area contributed by atoms with Crippen molar-refractivity contribution in [3.63, 3.8) is 0 Å². The van der Waals surface area contributed by atoms with Crippen LogP contribution in [0.5, 0.6) is 0 Å².